The molecular formula is C17H13N3O2. The van der Waals surface area contributed by atoms with Crippen molar-refractivity contribution in [3.05, 3.63) is 59.5 Å². The van der Waals surface area contributed by atoms with Gasteiger partial charge in [-0.3, -0.25) is 4.79 Å². The Hall–Kier alpha value is -3.13. The van der Waals surface area contributed by atoms with E-state index in [2.05, 4.69) is 16.4 Å². The van der Waals surface area contributed by atoms with Crippen molar-refractivity contribution >= 4 is 22.7 Å². The average molecular weight is 291 g/mol. The van der Waals surface area contributed by atoms with Crippen LogP contribution in [0.5, 0.6) is 0 Å². The number of aryl methyl sites for hydroxylation is 1. The number of amides is 1. The number of anilines is 1. The molecule has 0 aliphatic heterocycles. The van der Waals surface area contributed by atoms with E-state index in [0.717, 1.165) is 11.1 Å². The number of carbonyl (C=O) groups excluding carboxylic acids is 1. The van der Waals surface area contributed by atoms with Crippen LogP contribution in [-0.4, -0.2) is 10.9 Å². The summed E-state index contributed by atoms with van der Waals surface area (Å²) in [7, 11) is 0. The lowest BCUT2D eigenvalue weighted by atomic mass is 10.1. The fraction of sp³-hybridized carbons (Fsp3) is 0.118. The van der Waals surface area contributed by atoms with Gasteiger partial charge in [0.25, 0.3) is 0 Å². The van der Waals surface area contributed by atoms with E-state index in [0.29, 0.717) is 22.7 Å². The summed E-state index contributed by atoms with van der Waals surface area (Å²) in [5.74, 6) is 0.415. The van der Waals surface area contributed by atoms with Crippen LogP contribution in [0, 0.1) is 18.3 Å². The van der Waals surface area contributed by atoms with Gasteiger partial charge in [0.2, 0.25) is 5.91 Å². The van der Waals surface area contributed by atoms with E-state index >= 15 is 0 Å². The molecule has 3 aromatic rings. The van der Waals surface area contributed by atoms with E-state index in [-0.39, 0.29) is 12.3 Å². The van der Waals surface area contributed by atoms with Gasteiger partial charge in [-0.25, -0.2) is 4.98 Å². The summed E-state index contributed by atoms with van der Waals surface area (Å²) in [5, 5.41) is 11.8. The van der Waals surface area contributed by atoms with Crippen LogP contribution in [0.2, 0.25) is 0 Å². The van der Waals surface area contributed by atoms with Crippen LogP contribution in [0.4, 0.5) is 5.69 Å². The number of hydrogen-bond acceptors (Lipinski definition) is 4. The molecule has 1 aromatic heterocycles. The van der Waals surface area contributed by atoms with Gasteiger partial charge in [0.1, 0.15) is 11.6 Å². The van der Waals surface area contributed by atoms with Crippen molar-refractivity contribution in [1.82, 2.24) is 4.98 Å². The smallest absolute Gasteiger partial charge is 0.228 e. The average Bonchev–Trinajstić information content (AvgIpc) is 2.87. The summed E-state index contributed by atoms with van der Waals surface area (Å²) in [4.78, 5) is 16.3. The predicted octanol–water partition coefficient (Wildman–Crippen LogP) is 3.19. The SMILES string of the molecule is Cc1nc2ccc(CC(=O)Nc3ccccc3C#N)cc2o1. The highest BCUT2D eigenvalue weighted by Crippen LogP contribution is 2.18. The lowest BCUT2D eigenvalue weighted by molar-refractivity contribution is -0.115. The molecule has 2 aromatic carbocycles. The second-order valence-electron chi connectivity index (χ2n) is 4.92. The Bertz CT molecular complexity index is 890. The summed E-state index contributed by atoms with van der Waals surface area (Å²) >= 11 is 0. The molecule has 0 atom stereocenters. The van der Waals surface area contributed by atoms with Crippen molar-refractivity contribution in [1.29, 1.82) is 5.26 Å². The first kappa shape index (κ1) is 13.8. The first-order chi connectivity index (χ1) is 10.7. The Morgan fingerprint density at radius 3 is 2.95 bits per heavy atom. The molecule has 0 aliphatic rings. The van der Waals surface area contributed by atoms with Crippen LogP contribution in [0.1, 0.15) is 17.0 Å². The molecule has 0 radical (unpaired) electrons. The molecule has 0 unspecified atom stereocenters. The van der Waals surface area contributed by atoms with Crippen molar-refractivity contribution in [3.8, 4) is 6.07 Å². The molecule has 5 nitrogen and oxygen atoms in total. The molecule has 0 saturated heterocycles. The second-order valence-corrected chi connectivity index (χ2v) is 4.92. The van der Waals surface area contributed by atoms with Gasteiger partial charge in [-0.2, -0.15) is 5.26 Å². The molecular weight excluding hydrogens is 278 g/mol. The van der Waals surface area contributed by atoms with Crippen molar-refractivity contribution in [3.63, 3.8) is 0 Å². The highest BCUT2D eigenvalue weighted by molar-refractivity contribution is 5.94. The van der Waals surface area contributed by atoms with E-state index in [1.54, 1.807) is 31.2 Å². The van der Waals surface area contributed by atoms with Gasteiger partial charge in [-0.1, -0.05) is 18.2 Å². The molecule has 3 rings (SSSR count). The Morgan fingerprint density at radius 1 is 1.32 bits per heavy atom. The molecule has 0 fully saturated rings. The van der Waals surface area contributed by atoms with Crippen molar-refractivity contribution < 1.29 is 9.21 Å². The number of rotatable bonds is 3. The number of nitrogens with one attached hydrogen (secondary N) is 1. The number of oxazole rings is 1. The third-order valence-corrected chi connectivity index (χ3v) is 3.25. The van der Waals surface area contributed by atoms with Crippen LogP contribution in [0.15, 0.2) is 46.9 Å². The van der Waals surface area contributed by atoms with Crippen molar-refractivity contribution in [2.24, 2.45) is 0 Å². The van der Waals surface area contributed by atoms with Crippen LogP contribution in [0.25, 0.3) is 11.1 Å². The molecule has 1 N–H and O–H groups in total. The topological polar surface area (TPSA) is 78.9 Å². The van der Waals surface area contributed by atoms with Crippen molar-refractivity contribution in [2.75, 3.05) is 5.32 Å². The maximum atomic E-state index is 12.1. The zero-order valence-electron chi connectivity index (χ0n) is 12.0. The van der Waals surface area contributed by atoms with Crippen molar-refractivity contribution in [2.45, 2.75) is 13.3 Å². The van der Waals surface area contributed by atoms with Gasteiger partial charge in [0.15, 0.2) is 11.5 Å². The van der Waals surface area contributed by atoms with E-state index in [4.69, 9.17) is 9.68 Å². The molecule has 108 valence electrons. The van der Waals surface area contributed by atoms with Crippen LogP contribution in [-0.2, 0) is 11.2 Å². The Labute approximate surface area is 127 Å². The number of nitriles is 1. The highest BCUT2D eigenvalue weighted by Gasteiger charge is 2.09. The minimum atomic E-state index is -0.182. The fourth-order valence-electron chi connectivity index (χ4n) is 2.26. The maximum absolute atomic E-state index is 12.1. The molecule has 1 amide bonds. The highest BCUT2D eigenvalue weighted by atomic mass is 16.3. The van der Waals surface area contributed by atoms with Gasteiger partial charge in [0.05, 0.1) is 17.7 Å². The van der Waals surface area contributed by atoms with Crippen LogP contribution in [0.3, 0.4) is 0 Å². The Morgan fingerprint density at radius 2 is 2.14 bits per heavy atom. The van der Waals surface area contributed by atoms with Gasteiger partial charge in [0, 0.05) is 6.92 Å². The van der Waals surface area contributed by atoms with Gasteiger partial charge in [-0.15, -0.1) is 0 Å². The fourth-order valence-corrected chi connectivity index (χ4v) is 2.26. The first-order valence-electron chi connectivity index (χ1n) is 6.81. The van der Waals surface area contributed by atoms with Gasteiger partial charge >= 0.3 is 0 Å². The van der Waals surface area contributed by atoms with Gasteiger partial charge < -0.3 is 9.73 Å². The monoisotopic (exact) mass is 291 g/mol. The molecule has 1 heterocycles. The minimum Gasteiger partial charge on any atom is -0.441 e. The Kier molecular flexibility index (Phi) is 3.58. The molecule has 0 aliphatic carbocycles. The van der Waals surface area contributed by atoms with Crippen LogP contribution < -0.4 is 5.32 Å². The number of hydrogen-bond donors (Lipinski definition) is 1. The summed E-state index contributed by atoms with van der Waals surface area (Å²) in [6.07, 6.45) is 0.204. The maximum Gasteiger partial charge on any atom is 0.228 e. The minimum absolute atomic E-state index is 0.182. The summed E-state index contributed by atoms with van der Waals surface area (Å²) in [6.45, 7) is 1.78. The van der Waals surface area contributed by atoms with E-state index < -0.39 is 0 Å². The Balaban J connectivity index is 1.76. The van der Waals surface area contributed by atoms with E-state index in [9.17, 15) is 4.79 Å². The quantitative estimate of drug-likeness (QED) is 0.803. The number of para-hydroxylation sites is 1. The lowest BCUT2D eigenvalue weighted by Crippen LogP contribution is -2.15. The third-order valence-electron chi connectivity index (χ3n) is 3.25. The number of aromatic nitrogens is 1. The van der Waals surface area contributed by atoms with Crippen LogP contribution >= 0.6 is 0 Å². The number of nitrogens with zero attached hydrogens (tertiary/aromatic N) is 2. The molecule has 0 bridgehead atoms. The zero-order valence-corrected chi connectivity index (χ0v) is 12.0. The summed E-state index contributed by atoms with van der Waals surface area (Å²) in [5.41, 5.74) is 3.23. The normalized spacial score (nSPS) is 10.4. The zero-order chi connectivity index (χ0) is 15.5. The molecule has 0 saturated carbocycles. The molecule has 5 heteroatoms. The summed E-state index contributed by atoms with van der Waals surface area (Å²) < 4.78 is 5.46. The van der Waals surface area contributed by atoms with E-state index in [1.165, 1.54) is 0 Å². The number of fused-ring (bicyclic) bond motifs is 1. The predicted molar refractivity (Wildman–Crippen MR) is 82.2 cm³/mol. The molecule has 0 spiro atoms. The third kappa shape index (κ3) is 2.81. The standard InChI is InChI=1S/C17H13N3O2/c1-11-19-15-7-6-12(8-16(15)22-11)9-17(21)20-14-5-3-2-4-13(14)10-18/h2-8H,9H2,1H3,(H,20,21). The summed E-state index contributed by atoms with van der Waals surface area (Å²) in [6, 6.07) is 14.5. The largest absolute Gasteiger partial charge is 0.441 e. The second kappa shape index (κ2) is 5.70. The molecule has 22 heavy (non-hydrogen) atoms. The number of carbonyl (C=O) groups is 1. The van der Waals surface area contributed by atoms with Gasteiger partial charge in [-0.05, 0) is 29.8 Å². The lowest BCUT2D eigenvalue weighted by Gasteiger charge is -2.06. The number of benzene rings is 2. The van der Waals surface area contributed by atoms with E-state index in [1.807, 2.05) is 18.2 Å². The first-order valence-corrected chi connectivity index (χ1v) is 6.81.